The van der Waals surface area contributed by atoms with Crippen molar-refractivity contribution in [3.05, 3.63) is 34.9 Å². The summed E-state index contributed by atoms with van der Waals surface area (Å²) in [5.41, 5.74) is 0.688. The molecule has 2 N–H and O–H groups in total. The molecule has 0 heterocycles. The van der Waals surface area contributed by atoms with Crippen LogP contribution in [0.2, 0.25) is 0 Å². The maximum atomic E-state index is 13.3. The van der Waals surface area contributed by atoms with Gasteiger partial charge in [-0.3, -0.25) is 4.79 Å². The molecule has 18 heavy (non-hydrogen) atoms. The molecule has 98 valence electrons. The van der Waals surface area contributed by atoms with Crippen molar-refractivity contribution in [3.8, 4) is 0 Å². The Morgan fingerprint density at radius 3 is 2.44 bits per heavy atom. The number of aliphatic carboxylic acids is 1. The van der Waals surface area contributed by atoms with Crippen LogP contribution in [-0.2, 0) is 11.4 Å². The third-order valence-electron chi connectivity index (χ3n) is 3.34. The van der Waals surface area contributed by atoms with Crippen molar-refractivity contribution in [1.82, 2.24) is 0 Å². The largest absolute Gasteiger partial charge is 0.481 e. The lowest BCUT2D eigenvalue weighted by Crippen LogP contribution is -2.12. The summed E-state index contributed by atoms with van der Waals surface area (Å²) in [7, 11) is 0. The molecule has 0 saturated heterocycles. The lowest BCUT2D eigenvalue weighted by atomic mass is 9.87. The molecular formula is C13H14F2O3. The monoisotopic (exact) mass is 256 g/mol. The number of hydrogen-bond acceptors (Lipinski definition) is 2. The van der Waals surface area contributed by atoms with Crippen LogP contribution in [0.3, 0.4) is 0 Å². The summed E-state index contributed by atoms with van der Waals surface area (Å²) in [6, 6.07) is 1.97. The molecule has 0 amide bonds. The van der Waals surface area contributed by atoms with Crippen molar-refractivity contribution in [1.29, 1.82) is 0 Å². The Morgan fingerprint density at radius 2 is 1.94 bits per heavy atom. The number of carboxylic acid groups (broad SMARTS) is 1. The van der Waals surface area contributed by atoms with Gasteiger partial charge >= 0.3 is 5.97 Å². The van der Waals surface area contributed by atoms with E-state index >= 15 is 0 Å². The van der Waals surface area contributed by atoms with E-state index in [0.717, 1.165) is 25.0 Å². The van der Waals surface area contributed by atoms with Crippen molar-refractivity contribution in [2.45, 2.75) is 31.8 Å². The van der Waals surface area contributed by atoms with Crippen molar-refractivity contribution in [2.75, 3.05) is 0 Å². The minimum Gasteiger partial charge on any atom is -0.481 e. The zero-order valence-electron chi connectivity index (χ0n) is 9.70. The number of carbonyl (C=O) groups is 1. The Balaban J connectivity index is 2.39. The van der Waals surface area contributed by atoms with Gasteiger partial charge in [-0.1, -0.05) is 0 Å². The first-order valence-electron chi connectivity index (χ1n) is 5.83. The van der Waals surface area contributed by atoms with E-state index in [4.69, 9.17) is 5.11 Å². The minimum absolute atomic E-state index is 0.122. The molecule has 3 nitrogen and oxygen atoms in total. The minimum atomic E-state index is -1.02. The zero-order chi connectivity index (χ0) is 13.3. The number of carboxylic acids is 1. The summed E-state index contributed by atoms with van der Waals surface area (Å²) >= 11 is 0. The van der Waals surface area contributed by atoms with Crippen molar-refractivity contribution >= 4 is 5.97 Å². The molecule has 1 saturated carbocycles. The van der Waals surface area contributed by atoms with Gasteiger partial charge in [-0.05, 0) is 47.9 Å². The van der Waals surface area contributed by atoms with Gasteiger partial charge in [-0.2, -0.15) is 0 Å². The van der Waals surface area contributed by atoms with Crippen LogP contribution in [0.1, 0.15) is 36.3 Å². The van der Waals surface area contributed by atoms with Crippen molar-refractivity contribution < 1.29 is 23.8 Å². The molecule has 2 rings (SSSR count). The van der Waals surface area contributed by atoms with Crippen LogP contribution in [0.15, 0.2) is 12.1 Å². The number of rotatable bonds is 5. The van der Waals surface area contributed by atoms with E-state index in [1.54, 1.807) is 0 Å². The molecule has 1 aliphatic carbocycles. The second kappa shape index (κ2) is 5.02. The Hall–Kier alpha value is -1.49. The van der Waals surface area contributed by atoms with Gasteiger partial charge < -0.3 is 10.2 Å². The number of aliphatic hydroxyl groups is 1. The summed E-state index contributed by atoms with van der Waals surface area (Å²) in [5, 5.41) is 18.1. The lowest BCUT2D eigenvalue weighted by molar-refractivity contribution is -0.137. The zero-order valence-corrected chi connectivity index (χ0v) is 9.70. The highest BCUT2D eigenvalue weighted by Gasteiger charge is 2.35. The molecule has 1 fully saturated rings. The fourth-order valence-electron chi connectivity index (χ4n) is 2.30. The van der Waals surface area contributed by atoms with E-state index in [2.05, 4.69) is 0 Å². The molecule has 1 aliphatic rings. The van der Waals surface area contributed by atoms with Gasteiger partial charge in [0, 0.05) is 0 Å². The van der Waals surface area contributed by atoms with Crippen LogP contribution in [0.25, 0.3) is 0 Å². The van der Waals surface area contributed by atoms with E-state index < -0.39 is 24.2 Å². The Morgan fingerprint density at radius 1 is 1.33 bits per heavy atom. The van der Waals surface area contributed by atoms with Crippen LogP contribution in [0, 0.1) is 17.6 Å². The second-order valence-electron chi connectivity index (χ2n) is 4.67. The predicted octanol–water partition coefficient (Wildman–Crippen LogP) is 2.43. The quantitative estimate of drug-likeness (QED) is 0.850. The summed E-state index contributed by atoms with van der Waals surface area (Å²) in [5.74, 6) is -3.15. The summed E-state index contributed by atoms with van der Waals surface area (Å²) in [6.45, 7) is -0.421. The van der Waals surface area contributed by atoms with E-state index in [-0.39, 0.29) is 23.8 Å². The van der Waals surface area contributed by atoms with Crippen LogP contribution in [-0.4, -0.2) is 16.2 Å². The van der Waals surface area contributed by atoms with E-state index in [9.17, 15) is 18.7 Å². The van der Waals surface area contributed by atoms with Crippen LogP contribution >= 0.6 is 0 Å². The second-order valence-corrected chi connectivity index (χ2v) is 4.67. The fraction of sp³-hybridized carbons (Fsp3) is 0.462. The number of aliphatic hydroxyl groups excluding tert-OH is 1. The number of halogens is 2. The van der Waals surface area contributed by atoms with Gasteiger partial charge in [0.2, 0.25) is 0 Å². The summed E-state index contributed by atoms with van der Waals surface area (Å²) in [6.07, 6.45) is 1.66. The third-order valence-corrected chi connectivity index (χ3v) is 3.34. The van der Waals surface area contributed by atoms with Crippen molar-refractivity contribution in [3.63, 3.8) is 0 Å². The highest BCUT2D eigenvalue weighted by atomic mass is 19.2. The maximum Gasteiger partial charge on any atom is 0.303 e. The van der Waals surface area contributed by atoms with E-state index in [1.165, 1.54) is 0 Å². The highest BCUT2D eigenvalue weighted by Crippen LogP contribution is 2.45. The van der Waals surface area contributed by atoms with Gasteiger partial charge in [-0.15, -0.1) is 0 Å². The standard InChI is InChI=1S/C13H14F2O3/c14-11-3-8(6-16)9(4-12(11)15)10(5-13(17)18)7-1-2-7/h3-4,7,10,16H,1-2,5-6H2,(H,17,18). The number of benzene rings is 1. The normalized spacial score (nSPS) is 16.6. The first-order valence-corrected chi connectivity index (χ1v) is 5.83. The SMILES string of the molecule is O=C(O)CC(c1cc(F)c(F)cc1CO)C1CC1. The Labute approximate surface area is 103 Å². The third kappa shape index (κ3) is 2.67. The topological polar surface area (TPSA) is 57.5 Å². The first kappa shape index (κ1) is 13.0. The average molecular weight is 256 g/mol. The van der Waals surface area contributed by atoms with Crippen LogP contribution < -0.4 is 0 Å². The molecule has 1 aromatic rings. The Bertz CT molecular complexity index is 470. The van der Waals surface area contributed by atoms with Crippen LogP contribution in [0.5, 0.6) is 0 Å². The molecule has 0 aliphatic heterocycles. The molecule has 1 atom stereocenters. The Kier molecular flexibility index (Phi) is 3.61. The van der Waals surface area contributed by atoms with Gasteiger partial charge in [0.15, 0.2) is 11.6 Å². The maximum absolute atomic E-state index is 13.3. The van der Waals surface area contributed by atoms with E-state index in [1.807, 2.05) is 0 Å². The van der Waals surface area contributed by atoms with Gasteiger partial charge in [0.25, 0.3) is 0 Å². The predicted molar refractivity (Wildman–Crippen MR) is 60.0 cm³/mol. The molecule has 0 bridgehead atoms. The smallest absolute Gasteiger partial charge is 0.303 e. The molecule has 1 unspecified atom stereocenters. The first-order chi connectivity index (χ1) is 8.52. The van der Waals surface area contributed by atoms with Gasteiger partial charge in [0.1, 0.15) is 0 Å². The van der Waals surface area contributed by atoms with Gasteiger partial charge in [0.05, 0.1) is 13.0 Å². The van der Waals surface area contributed by atoms with Crippen LogP contribution in [0.4, 0.5) is 8.78 Å². The lowest BCUT2D eigenvalue weighted by Gasteiger charge is -2.18. The van der Waals surface area contributed by atoms with Crippen molar-refractivity contribution in [2.24, 2.45) is 5.92 Å². The average Bonchev–Trinajstić information content (AvgIpc) is 3.13. The molecule has 0 radical (unpaired) electrons. The molecule has 5 heteroatoms. The summed E-state index contributed by atoms with van der Waals surface area (Å²) < 4.78 is 26.4. The highest BCUT2D eigenvalue weighted by molar-refractivity contribution is 5.68. The fourth-order valence-corrected chi connectivity index (χ4v) is 2.30. The summed E-state index contributed by atoms with van der Waals surface area (Å²) in [4.78, 5) is 10.8. The molecule has 0 aromatic heterocycles. The van der Waals surface area contributed by atoms with E-state index in [0.29, 0.717) is 5.56 Å². The molecule has 1 aromatic carbocycles. The number of hydrogen-bond donors (Lipinski definition) is 2. The molecular weight excluding hydrogens is 242 g/mol. The molecule has 0 spiro atoms. The van der Waals surface area contributed by atoms with Gasteiger partial charge in [-0.25, -0.2) is 8.78 Å².